The lowest BCUT2D eigenvalue weighted by molar-refractivity contribution is -0.137. The number of amides is 1. The molecular formula is C17H16F4N2O. The lowest BCUT2D eigenvalue weighted by Crippen LogP contribution is -2.27. The van der Waals surface area contributed by atoms with Crippen molar-refractivity contribution in [3.8, 4) is 0 Å². The Balaban J connectivity index is 2.24. The summed E-state index contributed by atoms with van der Waals surface area (Å²) in [5.74, 6) is -0.946. The lowest BCUT2D eigenvalue weighted by Gasteiger charge is -2.25. The monoisotopic (exact) mass is 340 g/mol. The molecule has 3 nitrogen and oxygen atoms in total. The fraction of sp³-hybridized carbons (Fsp3) is 0.235. The predicted octanol–water partition coefficient (Wildman–Crippen LogP) is 3.73. The molecule has 2 aromatic carbocycles. The maximum atomic E-state index is 13.1. The van der Waals surface area contributed by atoms with E-state index in [1.165, 1.54) is 30.3 Å². The number of hydrogen-bond donors (Lipinski definition) is 1. The first kappa shape index (κ1) is 17.8. The Kier molecular flexibility index (Phi) is 5.43. The van der Waals surface area contributed by atoms with Crippen molar-refractivity contribution in [1.29, 1.82) is 0 Å². The van der Waals surface area contributed by atoms with Crippen LogP contribution in [0.2, 0.25) is 0 Å². The summed E-state index contributed by atoms with van der Waals surface area (Å²) in [6.07, 6.45) is -4.39. The summed E-state index contributed by atoms with van der Waals surface area (Å²) >= 11 is 0. The van der Waals surface area contributed by atoms with E-state index in [2.05, 4.69) is 0 Å². The highest BCUT2D eigenvalue weighted by Crippen LogP contribution is 2.30. The largest absolute Gasteiger partial charge is 0.416 e. The van der Waals surface area contributed by atoms with Crippen molar-refractivity contribution in [2.75, 3.05) is 11.4 Å². The highest BCUT2D eigenvalue weighted by molar-refractivity contribution is 5.74. The van der Waals surface area contributed by atoms with E-state index in [1.807, 2.05) is 0 Å². The Morgan fingerprint density at radius 3 is 2.33 bits per heavy atom. The van der Waals surface area contributed by atoms with Gasteiger partial charge in [0.05, 0.1) is 5.56 Å². The van der Waals surface area contributed by atoms with E-state index in [0.717, 1.165) is 12.1 Å². The molecule has 0 radical (unpaired) electrons. The third kappa shape index (κ3) is 4.97. The van der Waals surface area contributed by atoms with Gasteiger partial charge in [0.15, 0.2) is 0 Å². The minimum Gasteiger partial charge on any atom is -0.370 e. The van der Waals surface area contributed by atoms with Gasteiger partial charge in [-0.3, -0.25) is 4.79 Å². The van der Waals surface area contributed by atoms with Gasteiger partial charge in [-0.15, -0.1) is 0 Å². The highest BCUT2D eigenvalue weighted by Gasteiger charge is 2.30. The number of alkyl halides is 3. The van der Waals surface area contributed by atoms with Crippen LogP contribution in [-0.2, 0) is 17.5 Å². The molecule has 0 bridgehead atoms. The van der Waals surface area contributed by atoms with Gasteiger partial charge in [-0.2, -0.15) is 13.2 Å². The average molecular weight is 340 g/mol. The van der Waals surface area contributed by atoms with Crippen LogP contribution in [0.25, 0.3) is 0 Å². The molecule has 0 unspecified atom stereocenters. The molecule has 0 saturated carbocycles. The number of rotatable bonds is 6. The molecule has 0 fully saturated rings. The SMILES string of the molecule is NC(=O)CCN(Cc1cccc(C(F)(F)F)c1)c1ccc(F)cc1. The van der Waals surface area contributed by atoms with Gasteiger partial charge < -0.3 is 10.6 Å². The van der Waals surface area contributed by atoms with Crippen LogP contribution in [0.1, 0.15) is 17.5 Å². The molecule has 24 heavy (non-hydrogen) atoms. The number of primary amides is 1. The van der Waals surface area contributed by atoms with E-state index in [-0.39, 0.29) is 19.5 Å². The number of benzene rings is 2. The standard InChI is InChI=1S/C17H16F4N2O/c18-14-4-6-15(7-5-14)23(9-8-16(22)24)11-12-2-1-3-13(10-12)17(19,20)21/h1-7,10H,8-9,11H2,(H2,22,24). The normalized spacial score (nSPS) is 11.3. The molecule has 128 valence electrons. The number of carbonyl (C=O) groups excluding carboxylic acids is 1. The van der Waals surface area contributed by atoms with Crippen LogP contribution in [0, 0.1) is 5.82 Å². The molecule has 2 N–H and O–H groups in total. The van der Waals surface area contributed by atoms with Crippen LogP contribution < -0.4 is 10.6 Å². The molecule has 0 aliphatic heterocycles. The van der Waals surface area contributed by atoms with E-state index in [1.54, 1.807) is 11.0 Å². The Bertz CT molecular complexity index is 698. The van der Waals surface area contributed by atoms with Gasteiger partial charge in [0, 0.05) is 25.2 Å². The first-order valence-corrected chi connectivity index (χ1v) is 7.20. The smallest absolute Gasteiger partial charge is 0.370 e. The van der Waals surface area contributed by atoms with Gasteiger partial charge in [-0.05, 0) is 42.0 Å². The van der Waals surface area contributed by atoms with Crippen LogP contribution in [0.5, 0.6) is 0 Å². The molecule has 2 rings (SSSR count). The summed E-state index contributed by atoms with van der Waals surface area (Å²) in [5.41, 5.74) is 5.42. The summed E-state index contributed by atoms with van der Waals surface area (Å²) in [4.78, 5) is 12.7. The molecule has 0 atom stereocenters. The van der Waals surface area contributed by atoms with Crippen LogP contribution in [0.3, 0.4) is 0 Å². The summed E-state index contributed by atoms with van der Waals surface area (Å²) < 4.78 is 51.5. The second-order valence-electron chi connectivity index (χ2n) is 5.31. The zero-order chi connectivity index (χ0) is 17.7. The maximum Gasteiger partial charge on any atom is 0.416 e. The number of hydrogen-bond acceptors (Lipinski definition) is 2. The zero-order valence-corrected chi connectivity index (χ0v) is 12.7. The van der Waals surface area contributed by atoms with Gasteiger partial charge in [-0.25, -0.2) is 4.39 Å². The average Bonchev–Trinajstić information content (AvgIpc) is 2.51. The zero-order valence-electron chi connectivity index (χ0n) is 12.7. The minimum atomic E-state index is -4.43. The summed E-state index contributed by atoms with van der Waals surface area (Å²) in [6.45, 7) is 0.361. The van der Waals surface area contributed by atoms with E-state index in [4.69, 9.17) is 5.73 Å². The summed E-state index contributed by atoms with van der Waals surface area (Å²) in [6, 6.07) is 10.5. The first-order chi connectivity index (χ1) is 11.3. The molecule has 0 aromatic heterocycles. The highest BCUT2D eigenvalue weighted by atomic mass is 19.4. The lowest BCUT2D eigenvalue weighted by atomic mass is 10.1. The molecule has 1 amide bonds. The number of halogens is 4. The molecular weight excluding hydrogens is 324 g/mol. The van der Waals surface area contributed by atoms with E-state index in [9.17, 15) is 22.4 Å². The Morgan fingerprint density at radius 1 is 1.08 bits per heavy atom. The second kappa shape index (κ2) is 7.33. The Morgan fingerprint density at radius 2 is 1.75 bits per heavy atom. The molecule has 0 aliphatic carbocycles. The van der Waals surface area contributed by atoms with Crippen molar-refractivity contribution in [1.82, 2.24) is 0 Å². The molecule has 0 aliphatic rings. The van der Waals surface area contributed by atoms with E-state index in [0.29, 0.717) is 11.3 Å². The maximum absolute atomic E-state index is 13.1. The molecule has 7 heteroatoms. The van der Waals surface area contributed by atoms with E-state index < -0.39 is 23.5 Å². The van der Waals surface area contributed by atoms with Crippen molar-refractivity contribution in [3.05, 3.63) is 65.5 Å². The fourth-order valence-corrected chi connectivity index (χ4v) is 2.26. The number of carbonyl (C=O) groups is 1. The van der Waals surface area contributed by atoms with Crippen molar-refractivity contribution < 1.29 is 22.4 Å². The van der Waals surface area contributed by atoms with Gasteiger partial charge in [0.25, 0.3) is 0 Å². The van der Waals surface area contributed by atoms with Gasteiger partial charge in [-0.1, -0.05) is 12.1 Å². The van der Waals surface area contributed by atoms with Crippen LogP contribution in [0.15, 0.2) is 48.5 Å². The third-order valence-electron chi connectivity index (χ3n) is 3.45. The Hall–Kier alpha value is -2.57. The third-order valence-corrected chi connectivity index (χ3v) is 3.45. The fourth-order valence-electron chi connectivity index (χ4n) is 2.26. The molecule has 2 aromatic rings. The molecule has 0 spiro atoms. The van der Waals surface area contributed by atoms with Crippen molar-refractivity contribution in [3.63, 3.8) is 0 Å². The number of nitrogens with two attached hydrogens (primary N) is 1. The van der Waals surface area contributed by atoms with Crippen molar-refractivity contribution in [2.24, 2.45) is 5.73 Å². The van der Waals surface area contributed by atoms with Gasteiger partial charge in [0.1, 0.15) is 5.82 Å². The topological polar surface area (TPSA) is 46.3 Å². The summed E-state index contributed by atoms with van der Waals surface area (Å²) in [7, 11) is 0. The van der Waals surface area contributed by atoms with Crippen LogP contribution in [0.4, 0.5) is 23.2 Å². The van der Waals surface area contributed by atoms with Gasteiger partial charge >= 0.3 is 6.18 Å². The number of nitrogens with zero attached hydrogens (tertiary/aromatic N) is 1. The quantitative estimate of drug-likeness (QED) is 0.815. The van der Waals surface area contributed by atoms with Crippen molar-refractivity contribution >= 4 is 11.6 Å². The van der Waals surface area contributed by atoms with Gasteiger partial charge in [0.2, 0.25) is 5.91 Å². The predicted molar refractivity (Wildman–Crippen MR) is 82.7 cm³/mol. The van der Waals surface area contributed by atoms with Crippen LogP contribution >= 0.6 is 0 Å². The first-order valence-electron chi connectivity index (χ1n) is 7.20. The number of anilines is 1. The minimum absolute atomic E-state index is 0.0380. The molecule has 0 saturated heterocycles. The van der Waals surface area contributed by atoms with Crippen molar-refractivity contribution in [2.45, 2.75) is 19.1 Å². The molecule has 0 heterocycles. The Labute approximate surface area is 136 Å². The van der Waals surface area contributed by atoms with Crippen LogP contribution in [-0.4, -0.2) is 12.5 Å². The summed E-state index contributed by atoms with van der Waals surface area (Å²) in [5, 5.41) is 0. The second-order valence-corrected chi connectivity index (χ2v) is 5.31. The van der Waals surface area contributed by atoms with E-state index >= 15 is 0 Å².